The third-order valence-electron chi connectivity index (χ3n) is 7.16. The van der Waals surface area contributed by atoms with Gasteiger partial charge in [-0.1, -0.05) is 38.1 Å². The first-order chi connectivity index (χ1) is 16.3. The molecule has 1 aromatic carbocycles. The Kier molecular flexibility index (Phi) is 6.10. The Balaban J connectivity index is 1.35. The Bertz CT molecular complexity index is 1270. The van der Waals surface area contributed by atoms with Crippen LogP contribution in [-0.2, 0) is 13.6 Å². The molecule has 5 rings (SSSR count). The fraction of sp³-hybridized carbons (Fsp3) is 0.500. The van der Waals surface area contributed by atoms with E-state index in [1.165, 1.54) is 16.0 Å². The van der Waals surface area contributed by atoms with Crippen molar-refractivity contribution >= 4 is 29.2 Å². The molecule has 3 aromatic rings. The van der Waals surface area contributed by atoms with Gasteiger partial charge < -0.3 is 10.2 Å². The van der Waals surface area contributed by atoms with Gasteiger partial charge in [-0.25, -0.2) is 9.78 Å². The molecule has 2 aliphatic rings. The number of benzene rings is 1. The largest absolute Gasteiger partial charge is 0.356 e. The summed E-state index contributed by atoms with van der Waals surface area (Å²) in [5.41, 5.74) is 3.33. The smallest absolute Gasteiger partial charge is 0.330 e. The molecule has 0 saturated carbocycles. The van der Waals surface area contributed by atoms with Gasteiger partial charge in [-0.2, -0.15) is 0 Å². The average molecular weight is 479 g/mol. The zero-order chi connectivity index (χ0) is 24.0. The second-order valence-electron chi connectivity index (χ2n) is 9.84. The van der Waals surface area contributed by atoms with Gasteiger partial charge in [-0.15, -0.1) is 11.3 Å². The van der Waals surface area contributed by atoms with Crippen molar-refractivity contribution in [1.29, 1.82) is 0 Å². The lowest BCUT2D eigenvalue weighted by atomic mass is 9.95. The van der Waals surface area contributed by atoms with E-state index in [0.717, 1.165) is 54.8 Å². The zero-order valence-corrected chi connectivity index (χ0v) is 21.5. The van der Waals surface area contributed by atoms with Gasteiger partial charge in [0.2, 0.25) is 0 Å². The van der Waals surface area contributed by atoms with Crippen LogP contribution < -0.4 is 15.9 Å². The van der Waals surface area contributed by atoms with E-state index in [-0.39, 0.29) is 11.9 Å². The molecule has 180 valence electrons. The number of nitrogens with zero attached hydrogens (tertiary/aromatic N) is 5. The number of hydrogen-bond donors (Lipinski definition) is 1. The maximum Gasteiger partial charge on any atom is 0.330 e. The highest BCUT2D eigenvalue weighted by Gasteiger charge is 2.28. The van der Waals surface area contributed by atoms with Crippen LogP contribution in [0.3, 0.4) is 0 Å². The van der Waals surface area contributed by atoms with Gasteiger partial charge in [-0.05, 0) is 49.7 Å². The van der Waals surface area contributed by atoms with E-state index in [9.17, 15) is 4.79 Å². The molecule has 4 heterocycles. The minimum atomic E-state index is -0.183. The summed E-state index contributed by atoms with van der Waals surface area (Å²) in [6.07, 6.45) is 3.79. The van der Waals surface area contributed by atoms with E-state index in [1.807, 2.05) is 17.8 Å². The molecule has 1 atom stereocenters. The fourth-order valence-electron chi connectivity index (χ4n) is 5.30. The second kappa shape index (κ2) is 9.06. The molecule has 2 aromatic heterocycles. The first kappa shape index (κ1) is 22.9. The molecule has 1 unspecified atom stereocenters. The summed E-state index contributed by atoms with van der Waals surface area (Å²) in [7, 11) is 1.84. The van der Waals surface area contributed by atoms with Crippen molar-refractivity contribution in [3.8, 4) is 0 Å². The lowest BCUT2D eigenvalue weighted by Crippen LogP contribution is -2.37. The number of imidazole rings is 1. The Morgan fingerprint density at radius 3 is 2.59 bits per heavy atom. The summed E-state index contributed by atoms with van der Waals surface area (Å²) in [6.45, 7) is 11.3. The Hall–Kier alpha value is -2.87. The molecule has 34 heavy (non-hydrogen) atoms. The lowest BCUT2D eigenvalue weighted by molar-refractivity contribution is 0.352. The van der Waals surface area contributed by atoms with Gasteiger partial charge in [0.1, 0.15) is 23.5 Å². The third kappa shape index (κ3) is 4.08. The van der Waals surface area contributed by atoms with Crippen molar-refractivity contribution in [2.24, 2.45) is 18.0 Å². The fourth-order valence-corrected chi connectivity index (χ4v) is 6.14. The highest BCUT2D eigenvalue weighted by molar-refractivity contribution is 7.12. The maximum atomic E-state index is 13.2. The molecule has 1 N–H and O–H groups in total. The highest BCUT2D eigenvalue weighted by Crippen LogP contribution is 2.33. The predicted octanol–water partition coefficient (Wildman–Crippen LogP) is 4.84. The van der Waals surface area contributed by atoms with E-state index in [2.05, 4.69) is 62.2 Å². The van der Waals surface area contributed by atoms with Crippen LogP contribution in [0.5, 0.6) is 0 Å². The summed E-state index contributed by atoms with van der Waals surface area (Å²) in [6, 6.07) is 8.45. The van der Waals surface area contributed by atoms with Gasteiger partial charge in [0.15, 0.2) is 0 Å². The average Bonchev–Trinajstić information content (AvgIpc) is 3.30. The van der Waals surface area contributed by atoms with Crippen molar-refractivity contribution in [1.82, 2.24) is 14.1 Å². The number of piperidine rings is 1. The normalized spacial score (nSPS) is 18.4. The summed E-state index contributed by atoms with van der Waals surface area (Å²) in [4.78, 5) is 26.4. The van der Waals surface area contributed by atoms with Crippen LogP contribution in [0.4, 0.5) is 11.6 Å². The van der Waals surface area contributed by atoms with Crippen LogP contribution in [0.15, 0.2) is 34.1 Å². The number of nitrogens with one attached hydrogen (secondary N) is 1. The predicted molar refractivity (Wildman–Crippen MR) is 141 cm³/mol. The monoisotopic (exact) mass is 478 g/mol. The second-order valence-corrected chi connectivity index (χ2v) is 11.2. The quantitative estimate of drug-likeness (QED) is 0.570. The Labute approximate surface area is 205 Å². The number of anilines is 2. The third-order valence-corrected chi connectivity index (χ3v) is 8.03. The van der Waals surface area contributed by atoms with E-state index in [0.29, 0.717) is 11.8 Å². The van der Waals surface area contributed by atoms with Crippen LogP contribution in [0.1, 0.15) is 65.5 Å². The molecular formula is C26H34N6OS. The van der Waals surface area contributed by atoms with Crippen LogP contribution in [0.25, 0.3) is 0 Å². The van der Waals surface area contributed by atoms with Gasteiger partial charge in [0.05, 0.1) is 11.2 Å². The number of fused-ring (bicyclic) bond motifs is 1. The first-order valence-electron chi connectivity index (χ1n) is 12.2. The number of rotatable bonds is 5. The molecule has 8 heteroatoms. The Morgan fingerprint density at radius 2 is 1.91 bits per heavy atom. The van der Waals surface area contributed by atoms with Crippen molar-refractivity contribution in [3.63, 3.8) is 0 Å². The number of hydrogen-bond acceptors (Lipinski definition) is 6. The standard InChI is InChI=1S/C26H34N6OS/c1-16(2)20-8-6-7-9-21(20)23-27-14-22-25(29-23)32(26(33)30(22)5)15-19-10-12-31(13-11-19)24-17(3)34-18(4)28-24/h6-9,14,16,19,23,29H,10-13,15H2,1-5H3. The van der Waals surface area contributed by atoms with Crippen LogP contribution >= 0.6 is 11.3 Å². The molecule has 1 saturated heterocycles. The van der Waals surface area contributed by atoms with E-state index in [1.54, 1.807) is 15.9 Å². The van der Waals surface area contributed by atoms with Crippen molar-refractivity contribution in [3.05, 3.63) is 61.5 Å². The number of aryl methyl sites for hydroxylation is 2. The Morgan fingerprint density at radius 1 is 1.18 bits per heavy atom. The minimum Gasteiger partial charge on any atom is -0.356 e. The topological polar surface area (TPSA) is 67.5 Å². The van der Waals surface area contributed by atoms with Crippen molar-refractivity contribution in [2.75, 3.05) is 23.3 Å². The zero-order valence-electron chi connectivity index (χ0n) is 20.7. The van der Waals surface area contributed by atoms with E-state index in [4.69, 9.17) is 9.98 Å². The van der Waals surface area contributed by atoms with Crippen LogP contribution in [-0.4, -0.2) is 33.4 Å². The minimum absolute atomic E-state index is 0.0233. The molecule has 1 fully saturated rings. The van der Waals surface area contributed by atoms with E-state index >= 15 is 0 Å². The summed E-state index contributed by atoms with van der Waals surface area (Å²) < 4.78 is 3.65. The number of aliphatic imine (C=N–C) groups is 1. The number of aromatic nitrogens is 3. The van der Waals surface area contributed by atoms with Crippen molar-refractivity contribution < 1.29 is 0 Å². The molecule has 0 aliphatic carbocycles. The van der Waals surface area contributed by atoms with Crippen LogP contribution in [0, 0.1) is 19.8 Å². The molecular weight excluding hydrogens is 444 g/mol. The van der Waals surface area contributed by atoms with Gasteiger partial charge in [0, 0.05) is 31.6 Å². The SMILES string of the molecule is Cc1nc(N2CCC(Cn3c4c(n(C)c3=O)C=NC(c3ccccc3C(C)C)N4)CC2)c(C)s1. The molecule has 7 nitrogen and oxygen atoms in total. The number of thiazole rings is 1. The molecule has 2 aliphatic heterocycles. The van der Waals surface area contributed by atoms with Gasteiger partial charge >= 0.3 is 5.69 Å². The molecule has 0 bridgehead atoms. The van der Waals surface area contributed by atoms with Crippen molar-refractivity contribution in [2.45, 2.75) is 59.2 Å². The lowest BCUT2D eigenvalue weighted by Gasteiger charge is -2.33. The molecule has 0 radical (unpaired) electrons. The molecule has 0 amide bonds. The van der Waals surface area contributed by atoms with Gasteiger partial charge in [-0.3, -0.25) is 14.1 Å². The summed E-state index contributed by atoms with van der Waals surface area (Å²) >= 11 is 1.77. The highest BCUT2D eigenvalue weighted by atomic mass is 32.1. The maximum absolute atomic E-state index is 13.2. The summed E-state index contributed by atoms with van der Waals surface area (Å²) in [5, 5.41) is 4.72. The van der Waals surface area contributed by atoms with E-state index < -0.39 is 0 Å². The molecule has 0 spiro atoms. The van der Waals surface area contributed by atoms with Crippen LogP contribution in [0.2, 0.25) is 0 Å². The first-order valence-corrected chi connectivity index (χ1v) is 13.0. The van der Waals surface area contributed by atoms with Gasteiger partial charge in [0.25, 0.3) is 0 Å². The summed E-state index contributed by atoms with van der Waals surface area (Å²) in [5.74, 6) is 2.89.